The standard InChI is InChI=1S/C23H42Cl2N2S/c1-27(19-10-3-2-4-11-19)16-8-15-26-17-18-9-5-6-14-22(18)28-23-20(24)12-7-13-21(23)25/h18-23,26H,2-17H2,1H3. The molecule has 0 aliphatic heterocycles. The lowest BCUT2D eigenvalue weighted by molar-refractivity contribution is 0.189. The van der Waals surface area contributed by atoms with Crippen LogP contribution in [0.1, 0.15) is 83.5 Å². The van der Waals surface area contributed by atoms with Crippen molar-refractivity contribution in [3.05, 3.63) is 0 Å². The van der Waals surface area contributed by atoms with E-state index in [1.807, 2.05) is 0 Å². The van der Waals surface area contributed by atoms with Crippen molar-refractivity contribution in [2.24, 2.45) is 5.92 Å². The molecule has 28 heavy (non-hydrogen) atoms. The summed E-state index contributed by atoms with van der Waals surface area (Å²) in [4.78, 5) is 2.62. The molecule has 0 aromatic carbocycles. The number of halogens is 2. The highest BCUT2D eigenvalue weighted by molar-refractivity contribution is 8.00. The average Bonchev–Trinajstić information content (AvgIpc) is 2.72. The maximum Gasteiger partial charge on any atom is 0.0469 e. The van der Waals surface area contributed by atoms with Crippen LogP contribution in [-0.4, -0.2) is 58.9 Å². The highest BCUT2D eigenvalue weighted by atomic mass is 35.5. The summed E-state index contributed by atoms with van der Waals surface area (Å²) in [5.74, 6) is 0.796. The van der Waals surface area contributed by atoms with Crippen LogP contribution in [0.3, 0.4) is 0 Å². The smallest absolute Gasteiger partial charge is 0.0469 e. The van der Waals surface area contributed by atoms with Crippen LogP contribution < -0.4 is 5.32 Å². The molecule has 3 saturated carbocycles. The van der Waals surface area contributed by atoms with Crippen molar-refractivity contribution < 1.29 is 0 Å². The van der Waals surface area contributed by atoms with Crippen LogP contribution in [0.25, 0.3) is 0 Å². The van der Waals surface area contributed by atoms with Crippen LogP contribution in [-0.2, 0) is 0 Å². The fraction of sp³-hybridized carbons (Fsp3) is 1.00. The van der Waals surface area contributed by atoms with E-state index in [9.17, 15) is 0 Å². The highest BCUT2D eigenvalue weighted by Gasteiger charge is 2.36. The Hall–Kier alpha value is 0.850. The summed E-state index contributed by atoms with van der Waals surface area (Å²) in [5.41, 5.74) is 0. The van der Waals surface area contributed by atoms with E-state index in [2.05, 4.69) is 29.0 Å². The Labute approximate surface area is 188 Å². The predicted octanol–water partition coefficient (Wildman–Crippen LogP) is 6.29. The number of hydrogen-bond acceptors (Lipinski definition) is 3. The summed E-state index contributed by atoms with van der Waals surface area (Å²) >= 11 is 15.5. The van der Waals surface area contributed by atoms with Gasteiger partial charge in [0.05, 0.1) is 0 Å². The number of nitrogens with zero attached hydrogens (tertiary/aromatic N) is 1. The molecule has 0 spiro atoms. The zero-order valence-corrected chi connectivity index (χ0v) is 20.2. The van der Waals surface area contributed by atoms with Gasteiger partial charge >= 0.3 is 0 Å². The van der Waals surface area contributed by atoms with Gasteiger partial charge in [-0.25, -0.2) is 0 Å². The first-order chi connectivity index (χ1) is 13.6. The largest absolute Gasteiger partial charge is 0.316 e. The van der Waals surface area contributed by atoms with Crippen molar-refractivity contribution in [3.63, 3.8) is 0 Å². The van der Waals surface area contributed by atoms with Crippen molar-refractivity contribution in [2.75, 3.05) is 26.7 Å². The summed E-state index contributed by atoms with van der Waals surface area (Å²) in [7, 11) is 2.33. The second-order valence-corrected chi connectivity index (χ2v) is 12.0. The van der Waals surface area contributed by atoms with Gasteiger partial charge in [-0.1, -0.05) is 38.5 Å². The Morgan fingerprint density at radius 2 is 1.54 bits per heavy atom. The molecule has 5 heteroatoms. The third kappa shape index (κ3) is 7.22. The van der Waals surface area contributed by atoms with Crippen LogP contribution >= 0.6 is 35.0 Å². The first-order valence-electron chi connectivity index (χ1n) is 12.0. The topological polar surface area (TPSA) is 15.3 Å². The van der Waals surface area contributed by atoms with E-state index < -0.39 is 0 Å². The molecule has 0 radical (unpaired) electrons. The van der Waals surface area contributed by atoms with E-state index in [1.165, 1.54) is 83.7 Å². The van der Waals surface area contributed by atoms with E-state index in [0.717, 1.165) is 36.6 Å². The molecule has 0 heterocycles. The van der Waals surface area contributed by atoms with E-state index in [1.54, 1.807) is 0 Å². The third-order valence-corrected chi connectivity index (χ3v) is 10.5. The van der Waals surface area contributed by atoms with Crippen molar-refractivity contribution in [1.29, 1.82) is 0 Å². The predicted molar refractivity (Wildman–Crippen MR) is 127 cm³/mol. The second-order valence-electron chi connectivity index (χ2n) is 9.48. The minimum absolute atomic E-state index is 0.270. The summed E-state index contributed by atoms with van der Waals surface area (Å²) in [6.07, 6.45) is 17.4. The van der Waals surface area contributed by atoms with Gasteiger partial charge in [0.2, 0.25) is 0 Å². The summed E-state index contributed by atoms with van der Waals surface area (Å²) in [6.45, 7) is 3.58. The van der Waals surface area contributed by atoms with Gasteiger partial charge in [0.25, 0.3) is 0 Å². The Kier molecular flexibility index (Phi) is 10.6. The molecule has 3 rings (SSSR count). The number of nitrogens with one attached hydrogen (secondary N) is 1. The molecule has 4 unspecified atom stereocenters. The minimum atomic E-state index is 0.270. The lowest BCUT2D eigenvalue weighted by Crippen LogP contribution is -2.39. The van der Waals surface area contributed by atoms with Gasteiger partial charge in [0.1, 0.15) is 0 Å². The molecule has 3 fully saturated rings. The molecule has 1 N–H and O–H groups in total. The first-order valence-corrected chi connectivity index (χ1v) is 13.8. The normalized spacial score (nSPS) is 35.4. The molecule has 4 atom stereocenters. The zero-order chi connectivity index (χ0) is 19.8. The van der Waals surface area contributed by atoms with Crippen molar-refractivity contribution in [3.8, 4) is 0 Å². The van der Waals surface area contributed by atoms with Crippen LogP contribution in [0.2, 0.25) is 0 Å². The quantitative estimate of drug-likeness (QED) is 0.329. The van der Waals surface area contributed by atoms with Crippen LogP contribution in [0.5, 0.6) is 0 Å². The molecule has 0 aromatic rings. The fourth-order valence-electron chi connectivity index (χ4n) is 5.47. The lowest BCUT2D eigenvalue weighted by atomic mass is 9.88. The molecule has 0 aromatic heterocycles. The Balaban J connectivity index is 1.35. The number of hydrogen-bond donors (Lipinski definition) is 1. The van der Waals surface area contributed by atoms with Crippen molar-refractivity contribution in [2.45, 2.75) is 111 Å². The number of alkyl halides is 2. The summed E-state index contributed by atoms with van der Waals surface area (Å²) in [5, 5.41) is 5.54. The van der Waals surface area contributed by atoms with Crippen molar-refractivity contribution >= 4 is 35.0 Å². The molecular formula is C23H42Cl2N2S. The van der Waals surface area contributed by atoms with Crippen LogP contribution in [0.4, 0.5) is 0 Å². The van der Waals surface area contributed by atoms with E-state index in [0.29, 0.717) is 5.25 Å². The van der Waals surface area contributed by atoms with Gasteiger partial charge in [-0.2, -0.15) is 11.8 Å². The van der Waals surface area contributed by atoms with E-state index in [4.69, 9.17) is 23.2 Å². The maximum atomic E-state index is 6.66. The molecule has 0 bridgehead atoms. The molecule has 3 aliphatic rings. The first kappa shape index (κ1) is 23.5. The van der Waals surface area contributed by atoms with Gasteiger partial charge in [0, 0.05) is 27.3 Å². The van der Waals surface area contributed by atoms with Gasteiger partial charge < -0.3 is 10.2 Å². The molecule has 3 aliphatic carbocycles. The second kappa shape index (κ2) is 12.6. The highest BCUT2D eigenvalue weighted by Crippen LogP contribution is 2.43. The minimum Gasteiger partial charge on any atom is -0.316 e. The summed E-state index contributed by atoms with van der Waals surface area (Å²) in [6, 6.07) is 0.843. The summed E-state index contributed by atoms with van der Waals surface area (Å²) < 4.78 is 0. The van der Waals surface area contributed by atoms with E-state index in [-0.39, 0.29) is 10.8 Å². The maximum absolute atomic E-state index is 6.66. The Morgan fingerprint density at radius 1 is 0.857 bits per heavy atom. The molecule has 2 nitrogen and oxygen atoms in total. The SMILES string of the molecule is CN(CCCNCC1CCCCC1SC1C(Cl)CCCC1Cl)C1CCCCC1. The monoisotopic (exact) mass is 448 g/mol. The fourth-order valence-corrected chi connectivity index (χ4v) is 8.33. The van der Waals surface area contributed by atoms with Gasteiger partial charge in [0.15, 0.2) is 0 Å². The zero-order valence-electron chi connectivity index (χ0n) is 17.9. The molecule has 0 amide bonds. The average molecular weight is 450 g/mol. The number of rotatable bonds is 9. The van der Waals surface area contributed by atoms with Gasteiger partial charge in [-0.3, -0.25) is 0 Å². The van der Waals surface area contributed by atoms with Gasteiger partial charge in [-0.05, 0) is 77.5 Å². The molecular weight excluding hydrogens is 407 g/mol. The molecule has 0 saturated heterocycles. The van der Waals surface area contributed by atoms with Crippen molar-refractivity contribution in [1.82, 2.24) is 10.2 Å². The molecule has 164 valence electrons. The Bertz CT molecular complexity index is 423. The van der Waals surface area contributed by atoms with Crippen LogP contribution in [0.15, 0.2) is 0 Å². The van der Waals surface area contributed by atoms with Crippen LogP contribution in [0, 0.1) is 5.92 Å². The lowest BCUT2D eigenvalue weighted by Gasteiger charge is -2.38. The Morgan fingerprint density at radius 3 is 2.29 bits per heavy atom. The van der Waals surface area contributed by atoms with Gasteiger partial charge in [-0.15, -0.1) is 23.2 Å². The number of thioether (sulfide) groups is 1. The third-order valence-electron chi connectivity index (χ3n) is 7.31. The van der Waals surface area contributed by atoms with E-state index >= 15 is 0 Å².